The minimum atomic E-state index is -0.650. The second-order valence-corrected chi connectivity index (χ2v) is 4.38. The minimum Gasteiger partial charge on any atom is -0.432 e. The molecular weight excluding hydrogens is 236 g/mol. The Balaban J connectivity index is 3.91. The number of hydrogen-bond donors (Lipinski definition) is 3. The Morgan fingerprint density at radius 3 is 2.50 bits per heavy atom. The van der Waals surface area contributed by atoms with Gasteiger partial charge in [0.2, 0.25) is 0 Å². The van der Waals surface area contributed by atoms with E-state index in [0.717, 1.165) is 0 Å². The number of esters is 1. The SMILES string of the molecule is C=C(C)OC(=O)CCNC(=O)NC(C)(CC)CO. The molecule has 0 saturated carbocycles. The van der Waals surface area contributed by atoms with Gasteiger partial charge < -0.3 is 20.5 Å². The van der Waals surface area contributed by atoms with Gasteiger partial charge in [0.1, 0.15) is 0 Å². The first kappa shape index (κ1) is 16.4. The van der Waals surface area contributed by atoms with Gasteiger partial charge in [-0.25, -0.2) is 4.79 Å². The standard InChI is InChI=1S/C12H22N2O4/c1-5-12(4,8-15)14-11(17)13-7-6-10(16)18-9(2)3/h15H,2,5-8H2,1,3-4H3,(H2,13,14,17). The summed E-state index contributed by atoms with van der Waals surface area (Å²) < 4.78 is 4.73. The molecule has 0 fully saturated rings. The van der Waals surface area contributed by atoms with Crippen LogP contribution in [0.3, 0.4) is 0 Å². The Bertz CT molecular complexity index is 311. The molecule has 0 saturated heterocycles. The maximum Gasteiger partial charge on any atom is 0.315 e. The Hall–Kier alpha value is -1.56. The Labute approximate surface area is 107 Å². The minimum absolute atomic E-state index is 0.0717. The van der Waals surface area contributed by atoms with Crippen LogP contribution >= 0.6 is 0 Å². The van der Waals surface area contributed by atoms with Crippen molar-refractivity contribution in [3.63, 3.8) is 0 Å². The van der Waals surface area contributed by atoms with Crippen molar-refractivity contribution >= 4 is 12.0 Å². The van der Waals surface area contributed by atoms with E-state index in [2.05, 4.69) is 17.2 Å². The fraction of sp³-hybridized carbons (Fsp3) is 0.667. The molecule has 0 aromatic heterocycles. The van der Waals surface area contributed by atoms with E-state index in [0.29, 0.717) is 12.2 Å². The van der Waals surface area contributed by atoms with Gasteiger partial charge in [-0.15, -0.1) is 0 Å². The summed E-state index contributed by atoms with van der Waals surface area (Å²) in [4.78, 5) is 22.6. The van der Waals surface area contributed by atoms with Crippen LogP contribution in [0.4, 0.5) is 4.79 Å². The van der Waals surface area contributed by atoms with E-state index in [-0.39, 0.29) is 19.6 Å². The average molecular weight is 258 g/mol. The van der Waals surface area contributed by atoms with Crippen LogP contribution in [-0.4, -0.2) is 35.8 Å². The largest absolute Gasteiger partial charge is 0.432 e. The lowest BCUT2D eigenvalue weighted by atomic mass is 10.0. The van der Waals surface area contributed by atoms with Crippen molar-refractivity contribution in [1.82, 2.24) is 10.6 Å². The summed E-state index contributed by atoms with van der Waals surface area (Å²) in [6.45, 7) is 8.64. The highest BCUT2D eigenvalue weighted by Crippen LogP contribution is 2.06. The van der Waals surface area contributed by atoms with Crippen LogP contribution in [0.5, 0.6) is 0 Å². The quantitative estimate of drug-likeness (QED) is 0.468. The Morgan fingerprint density at radius 2 is 2.06 bits per heavy atom. The van der Waals surface area contributed by atoms with Crippen molar-refractivity contribution < 1.29 is 19.4 Å². The van der Waals surface area contributed by atoms with Crippen LogP contribution in [0, 0.1) is 0 Å². The van der Waals surface area contributed by atoms with E-state index in [1.165, 1.54) is 0 Å². The summed E-state index contributed by atoms with van der Waals surface area (Å²) in [5.41, 5.74) is -0.650. The molecule has 0 aliphatic carbocycles. The highest BCUT2D eigenvalue weighted by Gasteiger charge is 2.22. The van der Waals surface area contributed by atoms with Crippen LogP contribution in [0.15, 0.2) is 12.3 Å². The van der Waals surface area contributed by atoms with Gasteiger partial charge in [-0.05, 0) is 20.3 Å². The molecule has 0 aliphatic rings. The smallest absolute Gasteiger partial charge is 0.315 e. The molecule has 6 nitrogen and oxygen atoms in total. The molecule has 0 bridgehead atoms. The van der Waals surface area contributed by atoms with Crippen LogP contribution in [0.2, 0.25) is 0 Å². The summed E-state index contributed by atoms with van der Waals surface area (Å²) in [7, 11) is 0. The number of carbonyl (C=O) groups excluding carboxylic acids is 2. The maximum atomic E-state index is 11.5. The maximum absolute atomic E-state index is 11.5. The van der Waals surface area contributed by atoms with Crippen LogP contribution < -0.4 is 10.6 Å². The summed E-state index contributed by atoms with van der Waals surface area (Å²) >= 11 is 0. The molecule has 6 heteroatoms. The lowest BCUT2D eigenvalue weighted by molar-refractivity contribution is -0.139. The number of rotatable bonds is 7. The highest BCUT2D eigenvalue weighted by molar-refractivity contribution is 5.76. The summed E-state index contributed by atoms with van der Waals surface area (Å²) in [6, 6.07) is -0.420. The summed E-state index contributed by atoms with van der Waals surface area (Å²) in [5.74, 6) is -0.119. The van der Waals surface area contributed by atoms with E-state index in [1.54, 1.807) is 13.8 Å². The first-order chi connectivity index (χ1) is 8.33. The molecule has 0 radical (unpaired) electrons. The number of aliphatic hydroxyl groups is 1. The van der Waals surface area contributed by atoms with Gasteiger partial charge in [0.25, 0.3) is 0 Å². The number of hydrogen-bond acceptors (Lipinski definition) is 4. The van der Waals surface area contributed by atoms with E-state index < -0.39 is 17.5 Å². The zero-order valence-electron chi connectivity index (χ0n) is 11.2. The monoisotopic (exact) mass is 258 g/mol. The first-order valence-corrected chi connectivity index (χ1v) is 5.86. The van der Waals surface area contributed by atoms with E-state index in [9.17, 15) is 9.59 Å². The molecule has 0 aliphatic heterocycles. The number of urea groups is 1. The van der Waals surface area contributed by atoms with Crippen molar-refractivity contribution in [2.24, 2.45) is 0 Å². The van der Waals surface area contributed by atoms with Gasteiger partial charge in [0, 0.05) is 6.54 Å². The number of ether oxygens (including phenoxy) is 1. The number of allylic oxidation sites excluding steroid dienone is 1. The second-order valence-electron chi connectivity index (χ2n) is 4.38. The molecule has 1 atom stereocenters. The first-order valence-electron chi connectivity index (χ1n) is 5.86. The number of nitrogens with one attached hydrogen (secondary N) is 2. The van der Waals surface area contributed by atoms with Gasteiger partial charge in [0.05, 0.1) is 24.3 Å². The number of aliphatic hydroxyl groups excluding tert-OH is 1. The second kappa shape index (κ2) is 7.71. The average Bonchev–Trinajstić information content (AvgIpc) is 2.27. The van der Waals surface area contributed by atoms with Crippen LogP contribution in [0.25, 0.3) is 0 Å². The molecule has 0 aromatic carbocycles. The van der Waals surface area contributed by atoms with E-state index in [4.69, 9.17) is 9.84 Å². The molecular formula is C12H22N2O4. The van der Waals surface area contributed by atoms with E-state index >= 15 is 0 Å². The van der Waals surface area contributed by atoms with Crippen molar-refractivity contribution in [2.45, 2.75) is 39.2 Å². The molecule has 104 valence electrons. The van der Waals surface area contributed by atoms with E-state index in [1.807, 2.05) is 6.92 Å². The topological polar surface area (TPSA) is 87.7 Å². The molecule has 1 unspecified atom stereocenters. The van der Waals surface area contributed by atoms with Crippen molar-refractivity contribution in [3.05, 3.63) is 12.3 Å². The van der Waals surface area contributed by atoms with Crippen LogP contribution in [-0.2, 0) is 9.53 Å². The highest BCUT2D eigenvalue weighted by atomic mass is 16.5. The van der Waals surface area contributed by atoms with Gasteiger partial charge in [0.15, 0.2) is 0 Å². The molecule has 0 rings (SSSR count). The van der Waals surface area contributed by atoms with Gasteiger partial charge >= 0.3 is 12.0 Å². The summed E-state index contributed by atoms with van der Waals surface area (Å²) in [6.07, 6.45) is 0.677. The zero-order valence-corrected chi connectivity index (χ0v) is 11.2. The van der Waals surface area contributed by atoms with Crippen molar-refractivity contribution in [1.29, 1.82) is 0 Å². The van der Waals surface area contributed by atoms with Crippen molar-refractivity contribution in [2.75, 3.05) is 13.2 Å². The lowest BCUT2D eigenvalue weighted by Gasteiger charge is -2.27. The third-order valence-electron chi connectivity index (χ3n) is 2.45. The van der Waals surface area contributed by atoms with Crippen molar-refractivity contribution in [3.8, 4) is 0 Å². The molecule has 2 amide bonds. The predicted molar refractivity (Wildman–Crippen MR) is 67.8 cm³/mol. The third kappa shape index (κ3) is 6.90. The fourth-order valence-corrected chi connectivity index (χ4v) is 1.08. The Morgan fingerprint density at radius 1 is 1.44 bits per heavy atom. The van der Waals surface area contributed by atoms with Crippen LogP contribution in [0.1, 0.15) is 33.6 Å². The zero-order chi connectivity index (χ0) is 14.2. The molecule has 18 heavy (non-hydrogen) atoms. The van der Waals surface area contributed by atoms with Gasteiger partial charge in [-0.3, -0.25) is 4.79 Å². The third-order valence-corrected chi connectivity index (χ3v) is 2.45. The lowest BCUT2D eigenvalue weighted by Crippen LogP contribution is -2.52. The molecule has 0 aromatic rings. The molecule has 0 spiro atoms. The predicted octanol–water partition coefficient (Wildman–Crippen LogP) is 0.913. The summed E-state index contributed by atoms with van der Waals surface area (Å²) in [5, 5.41) is 14.3. The fourth-order valence-electron chi connectivity index (χ4n) is 1.08. The molecule has 3 N–H and O–H groups in total. The number of carbonyl (C=O) groups is 2. The van der Waals surface area contributed by atoms with Gasteiger partial charge in [-0.1, -0.05) is 13.5 Å². The number of amides is 2. The Kier molecular flexibility index (Phi) is 7.04. The normalized spacial score (nSPS) is 13.3. The van der Waals surface area contributed by atoms with Gasteiger partial charge in [-0.2, -0.15) is 0 Å². The molecule has 0 heterocycles.